The van der Waals surface area contributed by atoms with E-state index in [0.29, 0.717) is 0 Å². The number of hydrogen-bond donors (Lipinski definition) is 1. The topological polar surface area (TPSA) is 96.9 Å². The van der Waals surface area contributed by atoms with Gasteiger partial charge in [0.25, 0.3) is 0 Å². The minimum absolute atomic E-state index is 0.205. The van der Waals surface area contributed by atoms with Gasteiger partial charge in [-0.2, -0.15) is 0 Å². The van der Waals surface area contributed by atoms with Gasteiger partial charge in [0, 0.05) is 64.5 Å². The normalized spacial score (nSPS) is 17.0. The van der Waals surface area contributed by atoms with Crippen LogP contribution in [-0.2, 0) is 12.0 Å². The molecular formula is C54H42Cl12N3O8P. The quantitative estimate of drug-likeness (QED) is 0.0584. The Kier molecular flexibility index (Phi) is 14.7. The molecule has 7 aromatic rings. The zero-order valence-corrected chi connectivity index (χ0v) is 51.2. The summed E-state index contributed by atoms with van der Waals surface area (Å²) >= 11 is 75.9. The average molecular weight is 1320 g/mol. The molecule has 24 heteroatoms. The molecular weight excluding hydrogens is 1280 g/mol. The summed E-state index contributed by atoms with van der Waals surface area (Å²) in [5, 5.41) is -0.467. The van der Waals surface area contributed by atoms with Gasteiger partial charge in [-0.25, -0.2) is 0 Å². The SMILES string of the molecule is CCCN1c2cccc(OC)c2C2(CC[NH2+]Cc3ccccc3)c3c(OC)cccc3N(CCC)c3cccc1c32.Clc1c(Cl)c(Cl)c2c(c1Cl)O[P-]13(O2)(Oc2c(Cl)c(Cl)c(Cl)c(Cl)c2O1)Oc1c(Cl)c(Cl)c(Cl)c(Cl)c1O3. The summed E-state index contributed by atoms with van der Waals surface area (Å²) in [6.45, 7) is 8.32. The number of benzene rings is 7. The Morgan fingerprint density at radius 3 is 1.06 bits per heavy atom. The van der Waals surface area contributed by atoms with E-state index in [1.165, 1.54) is 45.0 Å². The summed E-state index contributed by atoms with van der Waals surface area (Å²) in [6.07, 6.45) is 3.03. The number of ether oxygens (including phenoxy) is 2. The van der Waals surface area contributed by atoms with Crippen molar-refractivity contribution in [2.45, 2.75) is 45.1 Å². The van der Waals surface area contributed by atoms with Crippen molar-refractivity contribution in [1.29, 1.82) is 0 Å². The van der Waals surface area contributed by atoms with Crippen molar-refractivity contribution in [1.82, 2.24) is 0 Å². The molecule has 0 radical (unpaired) electrons. The Bertz CT molecular complexity index is 3280. The van der Waals surface area contributed by atoms with Crippen LogP contribution < -0.4 is 51.7 Å². The summed E-state index contributed by atoms with van der Waals surface area (Å²) < 4.78 is 49.3. The molecule has 2 N–H and O–H groups in total. The molecule has 0 aromatic heterocycles. The molecule has 0 aliphatic carbocycles. The first-order valence-electron chi connectivity index (χ1n) is 24.2. The second-order valence-corrected chi connectivity index (χ2v) is 26.4. The van der Waals surface area contributed by atoms with E-state index in [-0.39, 0.29) is 94.8 Å². The van der Waals surface area contributed by atoms with Gasteiger partial charge in [-0.15, -0.1) is 0 Å². The van der Waals surface area contributed by atoms with Crippen molar-refractivity contribution in [3.8, 4) is 46.0 Å². The van der Waals surface area contributed by atoms with Crippen LogP contribution in [0.5, 0.6) is 46.0 Å². The molecule has 12 rings (SSSR count). The van der Waals surface area contributed by atoms with Gasteiger partial charge in [-0.05, 0) is 49.2 Å². The molecule has 7 aromatic carbocycles. The van der Waals surface area contributed by atoms with E-state index in [4.69, 9.17) is 176 Å². The van der Waals surface area contributed by atoms with E-state index in [1.807, 2.05) is 14.2 Å². The number of rotatable bonds is 11. The number of nitrogens with zero attached hydrogens (tertiary/aromatic N) is 2. The van der Waals surface area contributed by atoms with Gasteiger partial charge in [-0.1, -0.05) is 62.4 Å². The predicted molar refractivity (Wildman–Crippen MR) is 319 cm³/mol. The van der Waals surface area contributed by atoms with Gasteiger partial charge in [0.05, 0.1) is 26.2 Å². The first-order chi connectivity index (χ1) is 37.3. The van der Waals surface area contributed by atoms with Crippen LogP contribution in [0.3, 0.4) is 0 Å². The molecule has 78 heavy (non-hydrogen) atoms. The van der Waals surface area contributed by atoms with Gasteiger partial charge in [0.2, 0.25) is 0 Å². The molecule has 0 bridgehead atoms. The standard InChI is InChI=1S/C36H41N3O2.C18Cl12O6P/c1-5-23-38-27-15-10-16-28-33(27)36(34-29(38)17-11-19-31(34)40-3,21-22-37-25-26-13-8-7-9-14-26)35-30(39(28)24-6-2)18-12-20-32(35)41-4;19-1-2(20)8(26)14-13(7(1)25)31-37(32-14,33-15-9(27)3(21)4(22)10(28)16(15)34-37)35-17-11(29)5(23)6(24)12(30)18(17)36-37/h7-20,37H,5-6,21-25H2,1-4H3;/q;-1/p+1. The Morgan fingerprint density at radius 2 is 0.744 bits per heavy atom. The monoisotopic (exact) mass is 1310 g/mol. The molecule has 5 aliphatic rings. The van der Waals surface area contributed by atoms with Crippen LogP contribution in [0, 0.1) is 0 Å². The second kappa shape index (κ2) is 20.4. The third-order valence-electron chi connectivity index (χ3n) is 14.0. The number of quaternary nitrogens is 1. The Balaban J connectivity index is 0.000000166. The molecule has 0 atom stereocenters. The average Bonchev–Trinajstić information content (AvgIpc) is 1.75. The Morgan fingerprint density at radius 1 is 0.423 bits per heavy atom. The van der Waals surface area contributed by atoms with E-state index in [2.05, 4.69) is 114 Å². The fourth-order valence-electron chi connectivity index (χ4n) is 10.9. The maximum atomic E-state index is 6.42. The summed E-state index contributed by atoms with van der Waals surface area (Å²) in [5.74, 6) is -0.257. The van der Waals surface area contributed by atoms with Gasteiger partial charge >= 0.3 is 268 Å². The van der Waals surface area contributed by atoms with Crippen molar-refractivity contribution in [3.63, 3.8) is 0 Å². The number of methoxy groups -OCH3 is 2. The van der Waals surface area contributed by atoms with Crippen molar-refractivity contribution >= 4 is 169 Å². The maximum absolute atomic E-state index is 6.81. The van der Waals surface area contributed by atoms with Crippen LogP contribution in [0.25, 0.3) is 0 Å². The van der Waals surface area contributed by atoms with Crippen LogP contribution in [0.15, 0.2) is 84.9 Å². The fourth-order valence-corrected chi connectivity index (χ4v) is 17.8. The van der Waals surface area contributed by atoms with Crippen LogP contribution in [0.2, 0.25) is 60.3 Å². The van der Waals surface area contributed by atoms with Crippen molar-refractivity contribution in [3.05, 3.63) is 167 Å². The van der Waals surface area contributed by atoms with E-state index in [0.717, 1.165) is 56.9 Å². The van der Waals surface area contributed by atoms with Gasteiger partial charge in [-0.3, -0.25) is 0 Å². The number of anilines is 4. The molecule has 410 valence electrons. The minimum atomic E-state index is -6.81. The molecule has 0 saturated carbocycles. The summed E-state index contributed by atoms with van der Waals surface area (Å²) in [7, 11) is -3.19. The molecule has 11 nitrogen and oxygen atoms in total. The van der Waals surface area contributed by atoms with Crippen molar-refractivity contribution in [2.24, 2.45) is 0 Å². The molecule has 5 aliphatic heterocycles. The van der Waals surface area contributed by atoms with E-state index in [9.17, 15) is 0 Å². The Hall–Kier alpha value is -3.59. The number of halogens is 12. The first kappa shape index (κ1) is 56.3. The van der Waals surface area contributed by atoms with E-state index < -0.39 is 12.7 Å². The van der Waals surface area contributed by atoms with Crippen molar-refractivity contribution in [2.75, 3.05) is 43.7 Å². The Labute approximate surface area is 509 Å². The molecule has 0 amide bonds. The van der Waals surface area contributed by atoms with Gasteiger partial charge in [0.15, 0.2) is 0 Å². The second-order valence-electron chi connectivity index (χ2n) is 18.5. The molecule has 0 saturated heterocycles. The molecule has 5 heterocycles. The molecule has 0 fully saturated rings. The van der Waals surface area contributed by atoms with Crippen LogP contribution in [0.4, 0.5) is 22.7 Å². The van der Waals surface area contributed by atoms with Crippen LogP contribution in [-0.4, -0.2) is 33.9 Å². The first-order valence-corrected chi connectivity index (χ1v) is 30.9. The van der Waals surface area contributed by atoms with Crippen LogP contribution >= 0.6 is 147 Å². The summed E-state index contributed by atoms with van der Waals surface area (Å²) in [4.78, 5) is 5.04. The third kappa shape index (κ3) is 8.18. The zero-order chi connectivity index (χ0) is 55.4. The summed E-state index contributed by atoms with van der Waals surface area (Å²) in [6, 6.07) is 30.8. The van der Waals surface area contributed by atoms with Crippen molar-refractivity contribution < 1.29 is 41.9 Å². The van der Waals surface area contributed by atoms with E-state index in [1.54, 1.807) is 0 Å². The summed E-state index contributed by atoms with van der Waals surface area (Å²) in [5.41, 5.74) is 9.87. The molecule has 1 spiro atoms. The molecule has 0 unspecified atom stereocenters. The zero-order valence-electron chi connectivity index (χ0n) is 41.3. The third-order valence-corrected chi connectivity index (χ3v) is 22.6. The van der Waals surface area contributed by atoms with Gasteiger partial charge in [0.1, 0.15) is 18.0 Å². The number of hydrogen-bond acceptors (Lipinski definition) is 10. The van der Waals surface area contributed by atoms with E-state index >= 15 is 0 Å². The number of fused-ring (bicyclic) bond motifs is 7. The van der Waals surface area contributed by atoms with Gasteiger partial charge < -0.3 is 24.6 Å². The predicted octanol–water partition coefficient (Wildman–Crippen LogP) is 19.7. The fraction of sp³-hybridized carbons (Fsp3) is 0.222. The number of nitrogens with two attached hydrogens (primary N) is 1. The van der Waals surface area contributed by atoms with Crippen LogP contribution in [0.1, 0.15) is 55.4 Å².